The zero-order chi connectivity index (χ0) is 17.9. The highest BCUT2D eigenvalue weighted by Gasteiger charge is 2.35. The lowest BCUT2D eigenvalue weighted by atomic mass is 9.97. The van der Waals surface area contributed by atoms with Crippen LogP contribution in [0.4, 0.5) is 0 Å². The second-order valence-electron chi connectivity index (χ2n) is 7.58. The third-order valence-corrected chi connectivity index (χ3v) is 5.41. The molecule has 1 aromatic rings. The smallest absolute Gasteiger partial charge is 0.235 e. The Hall–Kier alpha value is -1.94. The van der Waals surface area contributed by atoms with Crippen LogP contribution < -0.4 is 5.32 Å². The number of likely N-dealkylation sites (tertiary alicyclic amines) is 1. The number of carbonyl (C=O) groups is 1. The molecule has 1 saturated carbocycles. The lowest BCUT2D eigenvalue weighted by molar-refractivity contribution is -0.124. The van der Waals surface area contributed by atoms with Crippen LogP contribution in [0.2, 0.25) is 0 Å². The summed E-state index contributed by atoms with van der Waals surface area (Å²) in [5, 5.41) is 16.9. The van der Waals surface area contributed by atoms with E-state index < -0.39 is 5.54 Å². The Kier molecular flexibility index (Phi) is 5.38. The number of hydrogen-bond donors (Lipinski definition) is 1. The van der Waals surface area contributed by atoms with E-state index in [2.05, 4.69) is 26.4 Å². The third-order valence-electron chi connectivity index (χ3n) is 5.41. The van der Waals surface area contributed by atoms with Gasteiger partial charge >= 0.3 is 0 Å². The van der Waals surface area contributed by atoms with Crippen molar-refractivity contribution >= 4 is 5.91 Å². The van der Waals surface area contributed by atoms with Crippen molar-refractivity contribution in [3.63, 3.8) is 0 Å². The minimum atomic E-state index is -0.623. The van der Waals surface area contributed by atoms with Crippen LogP contribution in [0.25, 0.3) is 0 Å². The summed E-state index contributed by atoms with van der Waals surface area (Å²) in [4.78, 5) is 19.0. The number of amides is 1. The number of aromatic nitrogens is 3. The van der Waals surface area contributed by atoms with E-state index in [-0.39, 0.29) is 5.91 Å². The fourth-order valence-corrected chi connectivity index (χ4v) is 4.18. The van der Waals surface area contributed by atoms with Gasteiger partial charge in [0, 0.05) is 13.1 Å². The van der Waals surface area contributed by atoms with Gasteiger partial charge in [0.05, 0.1) is 12.6 Å². The summed E-state index contributed by atoms with van der Waals surface area (Å²) in [5.74, 6) is 2.22. The quantitative estimate of drug-likeness (QED) is 0.876. The molecule has 1 aromatic heterocycles. The fourth-order valence-electron chi connectivity index (χ4n) is 4.18. The van der Waals surface area contributed by atoms with Crippen LogP contribution in [0.1, 0.15) is 50.2 Å². The predicted octanol–water partition coefficient (Wildman–Crippen LogP) is 1.56. The van der Waals surface area contributed by atoms with Crippen LogP contribution in [0.3, 0.4) is 0 Å². The highest BCUT2D eigenvalue weighted by Crippen LogP contribution is 2.29. The Labute approximate surface area is 149 Å². The maximum atomic E-state index is 12.4. The zero-order valence-corrected chi connectivity index (χ0v) is 15.3. The normalized spacial score (nSPS) is 23.3. The van der Waals surface area contributed by atoms with Crippen LogP contribution in [0, 0.1) is 31.1 Å². The summed E-state index contributed by atoms with van der Waals surface area (Å²) in [5.41, 5.74) is -0.623. The first-order valence-electron chi connectivity index (χ1n) is 9.32. The molecule has 0 bridgehead atoms. The molecule has 0 unspecified atom stereocenters. The molecule has 3 rings (SSSR count). The highest BCUT2D eigenvalue weighted by molar-refractivity contribution is 5.79. The van der Waals surface area contributed by atoms with E-state index >= 15 is 0 Å². The second-order valence-corrected chi connectivity index (χ2v) is 7.58. The number of rotatable bonds is 5. The molecule has 1 aliphatic carbocycles. The molecule has 1 aliphatic heterocycles. The standard InChI is InChI=1S/C18H28N6O/c1-14-20-15(2)24(22-14)11-16-6-5-9-23(10-16)12-17(25)21-18(13-19)7-3-4-8-18/h16H,3-12H2,1-2H3,(H,21,25)/t16-/m0/s1. The van der Waals surface area contributed by atoms with Gasteiger partial charge in [0.1, 0.15) is 17.2 Å². The minimum absolute atomic E-state index is 0.0168. The summed E-state index contributed by atoms with van der Waals surface area (Å²) < 4.78 is 1.98. The molecule has 2 heterocycles. The molecule has 1 N–H and O–H groups in total. The monoisotopic (exact) mass is 344 g/mol. The van der Waals surface area contributed by atoms with Crippen molar-refractivity contribution in [2.75, 3.05) is 19.6 Å². The zero-order valence-electron chi connectivity index (χ0n) is 15.3. The van der Waals surface area contributed by atoms with E-state index in [0.717, 1.165) is 69.8 Å². The number of aryl methyl sites for hydroxylation is 2. The Morgan fingerprint density at radius 3 is 2.76 bits per heavy atom. The SMILES string of the molecule is Cc1nc(C)n(C[C@H]2CCCN(CC(=O)NC3(C#N)CCCC3)C2)n1. The van der Waals surface area contributed by atoms with E-state index in [4.69, 9.17) is 0 Å². The lowest BCUT2D eigenvalue weighted by Crippen LogP contribution is -2.50. The molecule has 0 spiro atoms. The molecule has 2 fully saturated rings. The van der Waals surface area contributed by atoms with E-state index in [0.29, 0.717) is 12.5 Å². The average Bonchev–Trinajstić information content (AvgIpc) is 3.15. The molecule has 136 valence electrons. The number of nitrogens with zero attached hydrogens (tertiary/aromatic N) is 5. The van der Waals surface area contributed by atoms with Gasteiger partial charge in [0.25, 0.3) is 0 Å². The Balaban J connectivity index is 1.52. The van der Waals surface area contributed by atoms with Crippen molar-refractivity contribution in [3.05, 3.63) is 11.6 Å². The van der Waals surface area contributed by atoms with Crippen LogP contribution in [0.15, 0.2) is 0 Å². The summed E-state index contributed by atoms with van der Waals surface area (Å²) in [6.07, 6.45) is 5.85. The molecule has 2 aliphatic rings. The molecule has 1 saturated heterocycles. The topological polar surface area (TPSA) is 86.8 Å². The first kappa shape index (κ1) is 17.9. The largest absolute Gasteiger partial charge is 0.337 e. The second kappa shape index (κ2) is 7.52. The number of piperidine rings is 1. The van der Waals surface area contributed by atoms with Crippen LogP contribution in [-0.2, 0) is 11.3 Å². The van der Waals surface area contributed by atoms with Crippen molar-refractivity contribution in [3.8, 4) is 6.07 Å². The average molecular weight is 344 g/mol. The molecule has 7 nitrogen and oxygen atoms in total. The van der Waals surface area contributed by atoms with Gasteiger partial charge in [-0.05, 0) is 64.8 Å². The number of nitrogens with one attached hydrogen (secondary N) is 1. The Morgan fingerprint density at radius 1 is 1.36 bits per heavy atom. The van der Waals surface area contributed by atoms with Crippen molar-refractivity contribution in [2.45, 2.75) is 64.5 Å². The van der Waals surface area contributed by atoms with Gasteiger partial charge in [-0.2, -0.15) is 10.4 Å². The highest BCUT2D eigenvalue weighted by atomic mass is 16.2. The molecule has 7 heteroatoms. The van der Waals surface area contributed by atoms with Gasteiger partial charge in [0.2, 0.25) is 5.91 Å². The minimum Gasteiger partial charge on any atom is -0.337 e. The first-order valence-corrected chi connectivity index (χ1v) is 9.32. The molecule has 1 amide bonds. The van der Waals surface area contributed by atoms with Crippen LogP contribution in [-0.4, -0.2) is 50.7 Å². The van der Waals surface area contributed by atoms with Crippen molar-refractivity contribution in [2.24, 2.45) is 5.92 Å². The maximum Gasteiger partial charge on any atom is 0.235 e. The van der Waals surface area contributed by atoms with Gasteiger partial charge in [-0.1, -0.05) is 0 Å². The summed E-state index contributed by atoms with van der Waals surface area (Å²) >= 11 is 0. The van der Waals surface area contributed by atoms with Gasteiger partial charge in [-0.15, -0.1) is 0 Å². The van der Waals surface area contributed by atoms with E-state index in [1.54, 1.807) is 0 Å². The summed E-state index contributed by atoms with van der Waals surface area (Å²) in [6, 6.07) is 2.33. The summed E-state index contributed by atoms with van der Waals surface area (Å²) in [6.45, 7) is 6.97. The first-order chi connectivity index (χ1) is 12.0. The molecule has 1 atom stereocenters. The molecule has 0 radical (unpaired) electrons. The van der Waals surface area contributed by atoms with Gasteiger partial charge in [0.15, 0.2) is 0 Å². The van der Waals surface area contributed by atoms with Crippen LogP contribution >= 0.6 is 0 Å². The molecule has 0 aromatic carbocycles. The third kappa shape index (κ3) is 4.37. The van der Waals surface area contributed by atoms with Crippen molar-refractivity contribution < 1.29 is 4.79 Å². The predicted molar refractivity (Wildman–Crippen MR) is 93.6 cm³/mol. The summed E-state index contributed by atoms with van der Waals surface area (Å²) in [7, 11) is 0. The lowest BCUT2D eigenvalue weighted by Gasteiger charge is -2.33. The number of hydrogen-bond acceptors (Lipinski definition) is 5. The molecular weight excluding hydrogens is 316 g/mol. The molecular formula is C18H28N6O. The number of nitriles is 1. The number of carbonyl (C=O) groups excluding carboxylic acids is 1. The van der Waals surface area contributed by atoms with E-state index in [9.17, 15) is 10.1 Å². The Bertz CT molecular complexity index is 655. The fraction of sp³-hybridized carbons (Fsp3) is 0.778. The van der Waals surface area contributed by atoms with Gasteiger partial charge in [-0.3, -0.25) is 9.69 Å². The van der Waals surface area contributed by atoms with Crippen molar-refractivity contribution in [1.82, 2.24) is 25.0 Å². The van der Waals surface area contributed by atoms with E-state index in [1.165, 1.54) is 0 Å². The maximum absolute atomic E-state index is 12.4. The molecule has 25 heavy (non-hydrogen) atoms. The van der Waals surface area contributed by atoms with Crippen LogP contribution in [0.5, 0.6) is 0 Å². The van der Waals surface area contributed by atoms with E-state index in [1.807, 2.05) is 18.5 Å². The van der Waals surface area contributed by atoms with Crippen molar-refractivity contribution in [1.29, 1.82) is 5.26 Å². The Morgan fingerprint density at radius 2 is 2.12 bits per heavy atom. The van der Waals surface area contributed by atoms with Gasteiger partial charge in [-0.25, -0.2) is 9.67 Å². The van der Waals surface area contributed by atoms with Gasteiger partial charge < -0.3 is 5.32 Å².